The molecule has 0 fully saturated rings. The fraction of sp³-hybridized carbons (Fsp3) is 0.150. The molecule has 0 bridgehead atoms. The lowest BCUT2D eigenvalue weighted by molar-refractivity contribution is -0.384. The molecule has 1 heterocycles. The van der Waals surface area contributed by atoms with Crippen molar-refractivity contribution in [2.45, 2.75) is 13.5 Å². The number of amides is 1. The Balaban J connectivity index is 2.02. The van der Waals surface area contributed by atoms with Gasteiger partial charge in [-0.2, -0.15) is 4.99 Å². The van der Waals surface area contributed by atoms with E-state index in [1.807, 2.05) is 30.3 Å². The molecule has 0 unspecified atom stereocenters. The second kappa shape index (κ2) is 9.07. The average molecular weight is 411 g/mol. The highest BCUT2D eigenvalue weighted by Gasteiger charge is 2.15. The van der Waals surface area contributed by atoms with Crippen LogP contribution in [0.4, 0.5) is 5.69 Å². The number of thiazole rings is 1. The number of benzene rings is 2. The highest BCUT2D eigenvalue weighted by atomic mass is 32.1. The topological polar surface area (TPSA) is 104 Å². The molecule has 0 radical (unpaired) electrons. The maximum absolute atomic E-state index is 12.3. The van der Waals surface area contributed by atoms with E-state index in [-0.39, 0.29) is 23.6 Å². The van der Waals surface area contributed by atoms with E-state index in [9.17, 15) is 19.7 Å². The Hall–Kier alpha value is -3.59. The van der Waals surface area contributed by atoms with Crippen molar-refractivity contribution >= 4 is 45.2 Å². The van der Waals surface area contributed by atoms with Gasteiger partial charge in [0.2, 0.25) is 0 Å². The summed E-state index contributed by atoms with van der Waals surface area (Å²) in [6.45, 7) is 1.76. The molecule has 8 nitrogen and oxygen atoms in total. The molecule has 1 aromatic heterocycles. The number of carbonyl (C=O) groups is 2. The summed E-state index contributed by atoms with van der Waals surface area (Å²) in [5, 5.41) is 11.0. The summed E-state index contributed by atoms with van der Waals surface area (Å²) in [6, 6.07) is 13.6. The van der Waals surface area contributed by atoms with Gasteiger partial charge in [0.05, 0.1) is 21.7 Å². The fourth-order valence-corrected chi connectivity index (χ4v) is 3.68. The zero-order chi connectivity index (χ0) is 20.8. The minimum Gasteiger partial charge on any atom is -0.465 e. The number of ether oxygens (including phenoxy) is 1. The van der Waals surface area contributed by atoms with E-state index in [4.69, 9.17) is 4.74 Å². The van der Waals surface area contributed by atoms with Crippen LogP contribution in [0, 0.1) is 10.1 Å². The standard InChI is InChI=1S/C20H17N3O5S/c1-2-28-19(25)13-22-16-10-9-15(23(26)27)12-17(16)29-20(22)21-18(24)11-8-14-6-4-3-5-7-14/h3-12H,2,13H2,1H3. The van der Waals surface area contributed by atoms with E-state index in [0.29, 0.717) is 10.2 Å². The summed E-state index contributed by atoms with van der Waals surface area (Å²) in [5.41, 5.74) is 1.33. The number of rotatable bonds is 6. The Kier molecular flexibility index (Phi) is 6.30. The molecule has 0 N–H and O–H groups in total. The van der Waals surface area contributed by atoms with Crippen molar-refractivity contribution in [2.75, 3.05) is 6.61 Å². The third-order valence-corrected chi connectivity index (χ3v) is 4.93. The number of non-ortho nitro benzene ring substituents is 1. The SMILES string of the molecule is CCOC(=O)Cn1c(=NC(=O)C=Cc2ccccc2)sc2cc([N+](=O)[O-])ccc21. The van der Waals surface area contributed by atoms with Crippen molar-refractivity contribution in [2.24, 2.45) is 4.99 Å². The van der Waals surface area contributed by atoms with Crippen molar-refractivity contribution in [3.63, 3.8) is 0 Å². The predicted octanol–water partition coefficient (Wildman–Crippen LogP) is 3.31. The molecule has 0 aliphatic carbocycles. The molecule has 0 saturated carbocycles. The molecule has 3 aromatic rings. The summed E-state index contributed by atoms with van der Waals surface area (Å²) in [7, 11) is 0. The van der Waals surface area contributed by atoms with Gasteiger partial charge in [-0.3, -0.25) is 19.7 Å². The van der Waals surface area contributed by atoms with Crippen molar-refractivity contribution in [1.29, 1.82) is 0 Å². The summed E-state index contributed by atoms with van der Waals surface area (Å²) in [6.07, 6.45) is 2.97. The van der Waals surface area contributed by atoms with E-state index < -0.39 is 16.8 Å². The number of nitro groups is 1. The van der Waals surface area contributed by atoms with Crippen molar-refractivity contribution < 1.29 is 19.2 Å². The van der Waals surface area contributed by atoms with Crippen molar-refractivity contribution in [1.82, 2.24) is 4.57 Å². The highest BCUT2D eigenvalue weighted by molar-refractivity contribution is 7.16. The van der Waals surface area contributed by atoms with Gasteiger partial charge in [-0.15, -0.1) is 0 Å². The lowest BCUT2D eigenvalue weighted by Gasteiger charge is -2.04. The first-order valence-corrected chi connectivity index (χ1v) is 9.55. The number of fused-ring (bicyclic) bond motifs is 1. The van der Waals surface area contributed by atoms with Crippen LogP contribution in [0.25, 0.3) is 16.3 Å². The van der Waals surface area contributed by atoms with Crippen LogP contribution in [0.2, 0.25) is 0 Å². The number of nitrogens with zero attached hydrogens (tertiary/aromatic N) is 3. The molecule has 3 rings (SSSR count). The first-order chi connectivity index (χ1) is 14.0. The Morgan fingerprint density at radius 2 is 2.00 bits per heavy atom. The Morgan fingerprint density at radius 3 is 2.69 bits per heavy atom. The van der Waals surface area contributed by atoms with Crippen molar-refractivity contribution in [3.05, 3.63) is 75.1 Å². The Labute approximate surface area is 169 Å². The van der Waals surface area contributed by atoms with Gasteiger partial charge in [-0.1, -0.05) is 41.7 Å². The van der Waals surface area contributed by atoms with Gasteiger partial charge in [0.1, 0.15) is 6.54 Å². The van der Waals surface area contributed by atoms with Crippen LogP contribution in [0.15, 0.2) is 59.6 Å². The zero-order valence-corrected chi connectivity index (χ0v) is 16.3. The van der Waals surface area contributed by atoms with Gasteiger partial charge in [0, 0.05) is 18.2 Å². The quantitative estimate of drug-likeness (QED) is 0.268. The maximum Gasteiger partial charge on any atom is 0.326 e. The molecule has 0 saturated heterocycles. The van der Waals surface area contributed by atoms with Crippen LogP contribution in [-0.2, 0) is 20.9 Å². The van der Waals surface area contributed by atoms with Crippen LogP contribution in [0.5, 0.6) is 0 Å². The average Bonchev–Trinajstić information content (AvgIpc) is 3.03. The second-order valence-corrected chi connectivity index (χ2v) is 6.89. The molecular weight excluding hydrogens is 394 g/mol. The second-order valence-electron chi connectivity index (χ2n) is 5.88. The number of esters is 1. The zero-order valence-electron chi connectivity index (χ0n) is 15.5. The summed E-state index contributed by atoms with van der Waals surface area (Å²) in [5.74, 6) is -0.994. The van der Waals surface area contributed by atoms with E-state index in [2.05, 4.69) is 4.99 Å². The number of hydrogen-bond donors (Lipinski definition) is 0. The normalized spacial score (nSPS) is 11.8. The smallest absolute Gasteiger partial charge is 0.326 e. The third kappa shape index (κ3) is 5.02. The van der Waals surface area contributed by atoms with E-state index in [0.717, 1.165) is 16.9 Å². The summed E-state index contributed by atoms with van der Waals surface area (Å²) in [4.78, 5) is 39.2. The molecule has 1 amide bonds. The molecule has 148 valence electrons. The van der Waals surface area contributed by atoms with Gasteiger partial charge in [-0.05, 0) is 24.6 Å². The molecule has 0 aliphatic rings. The lowest BCUT2D eigenvalue weighted by atomic mass is 10.2. The van der Waals surface area contributed by atoms with E-state index in [1.165, 1.54) is 28.8 Å². The highest BCUT2D eigenvalue weighted by Crippen LogP contribution is 2.23. The van der Waals surface area contributed by atoms with Gasteiger partial charge < -0.3 is 9.30 Å². The fourth-order valence-electron chi connectivity index (χ4n) is 2.61. The summed E-state index contributed by atoms with van der Waals surface area (Å²) >= 11 is 1.09. The van der Waals surface area contributed by atoms with Gasteiger partial charge >= 0.3 is 5.97 Å². The van der Waals surface area contributed by atoms with Gasteiger partial charge in [-0.25, -0.2) is 0 Å². The van der Waals surface area contributed by atoms with E-state index in [1.54, 1.807) is 13.0 Å². The van der Waals surface area contributed by atoms with Crippen LogP contribution in [0.3, 0.4) is 0 Å². The monoisotopic (exact) mass is 411 g/mol. The number of nitro benzene ring substituents is 1. The van der Waals surface area contributed by atoms with Gasteiger partial charge in [0.25, 0.3) is 11.6 Å². The molecule has 0 spiro atoms. The number of hydrogen-bond acceptors (Lipinski definition) is 6. The van der Waals surface area contributed by atoms with Crippen LogP contribution < -0.4 is 4.80 Å². The molecule has 0 atom stereocenters. The van der Waals surface area contributed by atoms with Gasteiger partial charge in [0.15, 0.2) is 4.80 Å². The third-order valence-electron chi connectivity index (χ3n) is 3.89. The largest absolute Gasteiger partial charge is 0.465 e. The minimum atomic E-state index is -0.507. The van der Waals surface area contributed by atoms with Crippen molar-refractivity contribution in [3.8, 4) is 0 Å². The Bertz CT molecular complexity index is 1160. The molecular formula is C20H17N3O5S. The first-order valence-electron chi connectivity index (χ1n) is 8.73. The van der Waals surface area contributed by atoms with Crippen LogP contribution in [-0.4, -0.2) is 28.0 Å². The lowest BCUT2D eigenvalue weighted by Crippen LogP contribution is -2.22. The van der Waals surface area contributed by atoms with Crippen LogP contribution >= 0.6 is 11.3 Å². The molecule has 0 aliphatic heterocycles. The first kappa shape index (κ1) is 20.2. The minimum absolute atomic E-state index is 0.0797. The summed E-state index contributed by atoms with van der Waals surface area (Å²) < 4.78 is 7.05. The number of aromatic nitrogens is 1. The Morgan fingerprint density at radius 1 is 1.24 bits per heavy atom. The maximum atomic E-state index is 12.3. The number of carbonyl (C=O) groups excluding carboxylic acids is 2. The van der Waals surface area contributed by atoms with E-state index >= 15 is 0 Å². The molecule has 2 aromatic carbocycles. The molecule has 29 heavy (non-hydrogen) atoms. The van der Waals surface area contributed by atoms with Crippen LogP contribution in [0.1, 0.15) is 12.5 Å². The predicted molar refractivity (Wildman–Crippen MR) is 109 cm³/mol. The molecule has 9 heteroatoms.